The molecule has 0 radical (unpaired) electrons. The van der Waals surface area contributed by atoms with Gasteiger partial charge in [-0.05, 0) is 25.7 Å². The Kier molecular flexibility index (Phi) is 4.10. The summed E-state index contributed by atoms with van der Waals surface area (Å²) in [5.41, 5.74) is 4.78. The maximum absolute atomic E-state index is 11.6. The molecule has 1 rings (SSSR count). The van der Waals surface area contributed by atoms with Crippen LogP contribution in [0.2, 0.25) is 0 Å². The van der Waals surface area contributed by atoms with Crippen molar-refractivity contribution in [1.82, 2.24) is 0 Å². The Labute approximate surface area is 95.8 Å². The van der Waals surface area contributed by atoms with Gasteiger partial charge in [-0.3, -0.25) is 4.79 Å². The second-order valence-corrected chi connectivity index (χ2v) is 4.25. The first-order valence-corrected chi connectivity index (χ1v) is 5.69. The van der Waals surface area contributed by atoms with Crippen LogP contribution in [0.15, 0.2) is 12.7 Å². The SMILES string of the molecule is C=CC(=O)OC1CCCCC1(CC)C(N)=O. The first-order valence-electron chi connectivity index (χ1n) is 5.69. The summed E-state index contributed by atoms with van der Waals surface area (Å²) in [5.74, 6) is -0.845. The van der Waals surface area contributed by atoms with Crippen molar-refractivity contribution in [2.45, 2.75) is 45.1 Å². The Hall–Kier alpha value is -1.32. The van der Waals surface area contributed by atoms with E-state index in [1.807, 2.05) is 6.92 Å². The van der Waals surface area contributed by atoms with Gasteiger partial charge in [0.15, 0.2) is 0 Å². The van der Waals surface area contributed by atoms with E-state index in [4.69, 9.17) is 10.5 Å². The predicted molar refractivity (Wildman–Crippen MR) is 60.5 cm³/mol. The van der Waals surface area contributed by atoms with Gasteiger partial charge in [-0.15, -0.1) is 0 Å². The fourth-order valence-electron chi connectivity index (χ4n) is 2.43. The summed E-state index contributed by atoms with van der Waals surface area (Å²) >= 11 is 0. The van der Waals surface area contributed by atoms with Gasteiger partial charge in [0, 0.05) is 6.08 Å². The quantitative estimate of drug-likeness (QED) is 0.582. The van der Waals surface area contributed by atoms with Crippen molar-refractivity contribution in [3.05, 3.63) is 12.7 Å². The maximum atomic E-state index is 11.6. The van der Waals surface area contributed by atoms with E-state index in [0.717, 1.165) is 18.9 Å². The number of amides is 1. The summed E-state index contributed by atoms with van der Waals surface area (Å²) in [7, 11) is 0. The first-order chi connectivity index (χ1) is 7.56. The van der Waals surface area contributed by atoms with E-state index < -0.39 is 17.5 Å². The summed E-state index contributed by atoms with van der Waals surface area (Å²) in [6, 6.07) is 0. The summed E-state index contributed by atoms with van der Waals surface area (Å²) < 4.78 is 5.25. The summed E-state index contributed by atoms with van der Waals surface area (Å²) in [6.45, 7) is 5.26. The smallest absolute Gasteiger partial charge is 0.330 e. The van der Waals surface area contributed by atoms with Gasteiger partial charge >= 0.3 is 5.97 Å². The molecule has 0 aliphatic heterocycles. The molecule has 1 aliphatic carbocycles. The number of carbonyl (C=O) groups excluding carboxylic acids is 2. The van der Waals surface area contributed by atoms with Gasteiger partial charge in [0.05, 0.1) is 5.41 Å². The van der Waals surface area contributed by atoms with Crippen LogP contribution in [0.3, 0.4) is 0 Å². The van der Waals surface area contributed by atoms with Crippen LogP contribution in [0.25, 0.3) is 0 Å². The topological polar surface area (TPSA) is 69.4 Å². The molecular formula is C12H19NO3. The van der Waals surface area contributed by atoms with Gasteiger partial charge < -0.3 is 10.5 Å². The lowest BCUT2D eigenvalue weighted by Gasteiger charge is -2.40. The number of ether oxygens (including phenoxy) is 1. The molecule has 2 unspecified atom stereocenters. The van der Waals surface area contributed by atoms with E-state index >= 15 is 0 Å². The standard InChI is InChI=1S/C12H19NO3/c1-3-10(14)16-9-7-5-6-8-12(9,4-2)11(13)15/h3,9H,1,4-8H2,2H3,(H2,13,15). The van der Waals surface area contributed by atoms with Gasteiger partial charge in [0.2, 0.25) is 5.91 Å². The molecule has 4 nitrogen and oxygen atoms in total. The van der Waals surface area contributed by atoms with Crippen LogP contribution in [0.5, 0.6) is 0 Å². The average Bonchev–Trinajstić information content (AvgIpc) is 2.29. The number of carbonyl (C=O) groups is 2. The monoisotopic (exact) mass is 225 g/mol. The van der Waals surface area contributed by atoms with Crippen molar-refractivity contribution in [3.63, 3.8) is 0 Å². The zero-order valence-corrected chi connectivity index (χ0v) is 9.70. The highest BCUT2D eigenvalue weighted by molar-refractivity contribution is 5.84. The molecule has 0 heterocycles. The molecule has 0 bridgehead atoms. The molecule has 1 aliphatic rings. The van der Waals surface area contributed by atoms with Crippen LogP contribution in [0, 0.1) is 5.41 Å². The van der Waals surface area contributed by atoms with Gasteiger partial charge in [-0.1, -0.05) is 19.9 Å². The van der Waals surface area contributed by atoms with Crippen LogP contribution >= 0.6 is 0 Å². The lowest BCUT2D eigenvalue weighted by molar-refractivity contribution is -0.159. The number of rotatable bonds is 4. The Bertz CT molecular complexity index is 301. The zero-order valence-electron chi connectivity index (χ0n) is 9.70. The van der Waals surface area contributed by atoms with Crippen LogP contribution < -0.4 is 5.73 Å². The number of esters is 1. The van der Waals surface area contributed by atoms with E-state index in [9.17, 15) is 9.59 Å². The Morgan fingerprint density at radius 2 is 2.25 bits per heavy atom. The molecule has 90 valence electrons. The zero-order chi connectivity index (χ0) is 12.2. The molecule has 1 saturated carbocycles. The lowest BCUT2D eigenvalue weighted by atomic mass is 9.69. The van der Waals surface area contributed by atoms with Gasteiger partial charge in [0.1, 0.15) is 6.10 Å². The molecule has 0 saturated heterocycles. The molecular weight excluding hydrogens is 206 g/mol. The van der Waals surface area contributed by atoms with Crippen molar-refractivity contribution in [2.75, 3.05) is 0 Å². The van der Waals surface area contributed by atoms with Crippen LogP contribution in [-0.2, 0) is 14.3 Å². The molecule has 0 aromatic carbocycles. The minimum atomic E-state index is -0.684. The third-order valence-electron chi connectivity index (χ3n) is 3.50. The van der Waals surface area contributed by atoms with Gasteiger partial charge in [-0.25, -0.2) is 4.79 Å². The highest BCUT2D eigenvalue weighted by atomic mass is 16.5. The summed E-state index contributed by atoms with van der Waals surface area (Å²) in [4.78, 5) is 22.8. The normalized spacial score (nSPS) is 29.4. The number of primary amides is 1. The van der Waals surface area contributed by atoms with E-state index in [0.29, 0.717) is 19.3 Å². The molecule has 0 aromatic heterocycles. The van der Waals surface area contributed by atoms with Crippen LogP contribution in [-0.4, -0.2) is 18.0 Å². The number of hydrogen-bond acceptors (Lipinski definition) is 3. The summed E-state index contributed by atoms with van der Waals surface area (Å²) in [6.07, 6.45) is 4.66. The second-order valence-electron chi connectivity index (χ2n) is 4.25. The molecule has 4 heteroatoms. The number of hydrogen-bond donors (Lipinski definition) is 1. The van der Waals surface area contributed by atoms with E-state index in [2.05, 4.69) is 6.58 Å². The van der Waals surface area contributed by atoms with E-state index in [1.165, 1.54) is 0 Å². The first kappa shape index (κ1) is 12.7. The fraction of sp³-hybridized carbons (Fsp3) is 0.667. The number of nitrogens with two attached hydrogens (primary N) is 1. The molecule has 1 fully saturated rings. The van der Waals surface area contributed by atoms with Crippen molar-refractivity contribution in [2.24, 2.45) is 11.1 Å². The van der Waals surface area contributed by atoms with Crippen molar-refractivity contribution in [3.8, 4) is 0 Å². The van der Waals surface area contributed by atoms with Gasteiger partial charge in [-0.2, -0.15) is 0 Å². The molecule has 1 amide bonds. The fourth-order valence-corrected chi connectivity index (χ4v) is 2.43. The van der Waals surface area contributed by atoms with Crippen LogP contribution in [0.1, 0.15) is 39.0 Å². The Morgan fingerprint density at radius 1 is 1.56 bits per heavy atom. The molecule has 2 atom stereocenters. The molecule has 0 spiro atoms. The second kappa shape index (κ2) is 5.14. The lowest BCUT2D eigenvalue weighted by Crippen LogP contribution is -2.49. The Balaban J connectivity index is 2.88. The van der Waals surface area contributed by atoms with Gasteiger partial charge in [0.25, 0.3) is 0 Å². The molecule has 0 aromatic rings. The maximum Gasteiger partial charge on any atom is 0.330 e. The van der Waals surface area contributed by atoms with E-state index in [1.54, 1.807) is 0 Å². The average molecular weight is 225 g/mol. The molecule has 16 heavy (non-hydrogen) atoms. The summed E-state index contributed by atoms with van der Waals surface area (Å²) in [5, 5.41) is 0. The highest BCUT2D eigenvalue weighted by Gasteiger charge is 2.46. The van der Waals surface area contributed by atoms with E-state index in [-0.39, 0.29) is 5.91 Å². The van der Waals surface area contributed by atoms with Crippen LogP contribution in [0.4, 0.5) is 0 Å². The highest BCUT2D eigenvalue weighted by Crippen LogP contribution is 2.41. The predicted octanol–water partition coefficient (Wildman–Crippen LogP) is 1.54. The van der Waals surface area contributed by atoms with Crippen molar-refractivity contribution < 1.29 is 14.3 Å². The third kappa shape index (κ3) is 2.26. The van der Waals surface area contributed by atoms with Crippen molar-refractivity contribution >= 4 is 11.9 Å². The minimum Gasteiger partial charge on any atom is -0.458 e. The third-order valence-corrected chi connectivity index (χ3v) is 3.50. The minimum absolute atomic E-state index is 0.364. The molecule has 2 N–H and O–H groups in total. The Morgan fingerprint density at radius 3 is 2.75 bits per heavy atom. The largest absolute Gasteiger partial charge is 0.458 e. The van der Waals surface area contributed by atoms with Crippen molar-refractivity contribution in [1.29, 1.82) is 0 Å².